The number of phenols is 1. The molecule has 0 fully saturated rings. The number of ketones is 1. The molecule has 4 nitrogen and oxygen atoms in total. The number of nitrogen functional groups attached to an aromatic ring is 1. The zero-order valence-corrected chi connectivity index (χ0v) is 11.0. The van der Waals surface area contributed by atoms with Crippen LogP contribution in [-0.4, -0.2) is 10.9 Å². The van der Waals surface area contributed by atoms with Gasteiger partial charge in [-0.25, -0.2) is 0 Å². The molecule has 2 aromatic carbocycles. The Hall–Kier alpha value is -2.46. The van der Waals surface area contributed by atoms with Crippen LogP contribution in [0, 0.1) is 0 Å². The summed E-state index contributed by atoms with van der Waals surface area (Å²) in [4.78, 5) is 12.1. The van der Waals surface area contributed by atoms with Crippen molar-refractivity contribution >= 4 is 29.1 Å². The van der Waals surface area contributed by atoms with E-state index in [1.807, 2.05) is 0 Å². The van der Waals surface area contributed by atoms with Crippen LogP contribution in [0.2, 0.25) is 5.02 Å². The Kier molecular flexibility index (Phi) is 2.88. The van der Waals surface area contributed by atoms with Crippen LogP contribution in [0.4, 0.5) is 5.69 Å². The van der Waals surface area contributed by atoms with E-state index in [0.717, 1.165) is 0 Å². The van der Waals surface area contributed by atoms with E-state index in [1.54, 1.807) is 24.3 Å². The number of aromatic hydroxyl groups is 1. The zero-order chi connectivity index (χ0) is 14.3. The van der Waals surface area contributed by atoms with Gasteiger partial charge in [0.2, 0.25) is 5.78 Å². The standard InChI is InChI=1S/C15H10ClNO3/c16-11-5-8(1-4-12(11)17)6-14-15(19)10-3-2-9(18)7-13(10)20-14/h1-7,18H,17H2/b14-6-. The van der Waals surface area contributed by atoms with Crippen LogP contribution < -0.4 is 10.5 Å². The molecule has 0 amide bonds. The average Bonchev–Trinajstić information content (AvgIpc) is 2.70. The van der Waals surface area contributed by atoms with Gasteiger partial charge in [0, 0.05) is 6.07 Å². The summed E-state index contributed by atoms with van der Waals surface area (Å²) in [5.74, 6) is 0.357. The molecule has 0 atom stereocenters. The minimum Gasteiger partial charge on any atom is -0.508 e. The number of nitrogens with two attached hydrogens (primary N) is 1. The molecule has 3 N–H and O–H groups in total. The van der Waals surface area contributed by atoms with E-state index in [-0.39, 0.29) is 17.3 Å². The zero-order valence-electron chi connectivity index (χ0n) is 10.3. The number of halogens is 1. The molecule has 100 valence electrons. The minimum atomic E-state index is -0.229. The number of carbonyl (C=O) groups excluding carboxylic acids is 1. The second-order valence-electron chi connectivity index (χ2n) is 4.40. The first-order chi connectivity index (χ1) is 9.54. The fourth-order valence-corrected chi connectivity index (χ4v) is 2.15. The Morgan fingerprint density at radius 2 is 2.00 bits per heavy atom. The molecule has 20 heavy (non-hydrogen) atoms. The van der Waals surface area contributed by atoms with E-state index >= 15 is 0 Å². The van der Waals surface area contributed by atoms with Gasteiger partial charge in [-0.2, -0.15) is 0 Å². The maximum Gasteiger partial charge on any atom is 0.231 e. The van der Waals surface area contributed by atoms with Crippen molar-refractivity contribution in [1.29, 1.82) is 0 Å². The summed E-state index contributed by atoms with van der Waals surface area (Å²) in [5.41, 5.74) is 7.24. The molecule has 0 saturated carbocycles. The first kappa shape index (κ1) is 12.6. The third-order valence-corrected chi connectivity index (χ3v) is 3.30. The first-order valence-electron chi connectivity index (χ1n) is 5.87. The third-order valence-electron chi connectivity index (χ3n) is 2.98. The van der Waals surface area contributed by atoms with Crippen molar-refractivity contribution in [3.8, 4) is 11.5 Å². The Morgan fingerprint density at radius 1 is 1.20 bits per heavy atom. The minimum absolute atomic E-state index is 0.0494. The van der Waals surface area contributed by atoms with Crippen LogP contribution in [0.3, 0.4) is 0 Å². The van der Waals surface area contributed by atoms with Gasteiger partial charge in [-0.3, -0.25) is 4.79 Å². The summed E-state index contributed by atoms with van der Waals surface area (Å²) in [6.07, 6.45) is 1.59. The predicted octanol–water partition coefficient (Wildman–Crippen LogP) is 3.24. The van der Waals surface area contributed by atoms with Crippen molar-refractivity contribution in [2.45, 2.75) is 0 Å². The van der Waals surface area contributed by atoms with Crippen molar-refractivity contribution in [1.82, 2.24) is 0 Å². The Labute approximate surface area is 120 Å². The molecule has 2 aromatic rings. The molecule has 1 aliphatic rings. The molecule has 0 spiro atoms. The second-order valence-corrected chi connectivity index (χ2v) is 4.81. The molecule has 1 heterocycles. The number of hydrogen-bond donors (Lipinski definition) is 2. The molecule has 3 rings (SSSR count). The topological polar surface area (TPSA) is 72.6 Å². The fraction of sp³-hybridized carbons (Fsp3) is 0. The van der Waals surface area contributed by atoms with Crippen LogP contribution in [0.15, 0.2) is 42.2 Å². The van der Waals surface area contributed by atoms with Gasteiger partial charge in [0.1, 0.15) is 11.5 Å². The number of carbonyl (C=O) groups is 1. The van der Waals surface area contributed by atoms with Crippen molar-refractivity contribution in [3.05, 3.63) is 58.3 Å². The van der Waals surface area contributed by atoms with E-state index in [4.69, 9.17) is 22.1 Å². The van der Waals surface area contributed by atoms with Gasteiger partial charge in [0.25, 0.3) is 0 Å². The summed E-state index contributed by atoms with van der Waals surface area (Å²) < 4.78 is 5.45. The van der Waals surface area contributed by atoms with Gasteiger partial charge in [-0.1, -0.05) is 17.7 Å². The first-order valence-corrected chi connectivity index (χ1v) is 6.25. The summed E-state index contributed by atoms with van der Waals surface area (Å²) in [6, 6.07) is 9.44. The summed E-state index contributed by atoms with van der Waals surface area (Å²) in [7, 11) is 0. The molecule has 0 aromatic heterocycles. The van der Waals surface area contributed by atoms with Crippen LogP contribution in [-0.2, 0) is 0 Å². The Balaban J connectivity index is 1.99. The van der Waals surface area contributed by atoms with Gasteiger partial charge in [0.05, 0.1) is 16.3 Å². The van der Waals surface area contributed by atoms with Crippen molar-refractivity contribution in [3.63, 3.8) is 0 Å². The molecule has 0 radical (unpaired) electrons. The van der Waals surface area contributed by atoms with Crippen LogP contribution in [0.1, 0.15) is 15.9 Å². The summed E-state index contributed by atoms with van der Waals surface area (Å²) in [6.45, 7) is 0. The molecular weight excluding hydrogens is 278 g/mol. The molecule has 0 bridgehead atoms. The average molecular weight is 288 g/mol. The predicted molar refractivity (Wildman–Crippen MR) is 76.9 cm³/mol. The Bertz CT molecular complexity index is 753. The lowest BCUT2D eigenvalue weighted by Crippen LogP contribution is -1.98. The van der Waals surface area contributed by atoms with Crippen LogP contribution in [0.5, 0.6) is 11.5 Å². The Morgan fingerprint density at radius 3 is 2.75 bits per heavy atom. The molecule has 1 aliphatic heterocycles. The number of rotatable bonds is 1. The molecule has 5 heteroatoms. The van der Waals surface area contributed by atoms with Crippen LogP contribution in [0.25, 0.3) is 6.08 Å². The maximum absolute atomic E-state index is 12.1. The third kappa shape index (κ3) is 2.10. The summed E-state index contributed by atoms with van der Waals surface area (Å²) >= 11 is 5.93. The summed E-state index contributed by atoms with van der Waals surface area (Å²) in [5, 5.41) is 9.80. The fourth-order valence-electron chi connectivity index (χ4n) is 1.96. The molecule has 0 saturated heterocycles. The van der Waals surface area contributed by atoms with E-state index in [9.17, 15) is 9.90 Å². The van der Waals surface area contributed by atoms with E-state index < -0.39 is 0 Å². The molecular formula is C15H10ClNO3. The number of benzene rings is 2. The van der Waals surface area contributed by atoms with Crippen LogP contribution >= 0.6 is 11.6 Å². The van der Waals surface area contributed by atoms with Gasteiger partial charge in [-0.05, 0) is 35.9 Å². The quantitative estimate of drug-likeness (QED) is 0.624. The highest BCUT2D eigenvalue weighted by Gasteiger charge is 2.27. The van der Waals surface area contributed by atoms with E-state index in [2.05, 4.69) is 0 Å². The molecule has 0 unspecified atom stereocenters. The number of hydrogen-bond acceptors (Lipinski definition) is 4. The number of ether oxygens (including phenoxy) is 1. The second kappa shape index (κ2) is 4.58. The normalized spacial score (nSPS) is 15.2. The number of anilines is 1. The van der Waals surface area contributed by atoms with E-state index in [0.29, 0.717) is 27.6 Å². The van der Waals surface area contributed by atoms with Gasteiger partial charge in [-0.15, -0.1) is 0 Å². The number of allylic oxidation sites excluding steroid dienone is 1. The maximum atomic E-state index is 12.1. The molecule has 0 aliphatic carbocycles. The highest BCUT2D eigenvalue weighted by Crippen LogP contribution is 2.34. The largest absolute Gasteiger partial charge is 0.508 e. The van der Waals surface area contributed by atoms with Crippen molar-refractivity contribution in [2.75, 3.05) is 5.73 Å². The monoisotopic (exact) mass is 287 g/mol. The SMILES string of the molecule is Nc1ccc(/C=C2\Oc3cc(O)ccc3C2=O)cc1Cl. The lowest BCUT2D eigenvalue weighted by atomic mass is 10.1. The number of Topliss-reactive ketones (excluding diaryl/α,β-unsaturated/α-hetero) is 1. The number of phenolic OH excluding ortho intramolecular Hbond substituents is 1. The van der Waals surface area contributed by atoms with Crippen molar-refractivity contribution < 1.29 is 14.6 Å². The highest BCUT2D eigenvalue weighted by molar-refractivity contribution is 6.33. The highest BCUT2D eigenvalue weighted by atomic mass is 35.5. The lowest BCUT2D eigenvalue weighted by Gasteiger charge is -2.01. The van der Waals surface area contributed by atoms with Gasteiger partial charge >= 0.3 is 0 Å². The smallest absolute Gasteiger partial charge is 0.231 e. The van der Waals surface area contributed by atoms with Gasteiger partial charge in [0.15, 0.2) is 5.76 Å². The lowest BCUT2D eigenvalue weighted by molar-refractivity contribution is 0.101. The number of fused-ring (bicyclic) bond motifs is 1. The van der Waals surface area contributed by atoms with Gasteiger partial charge < -0.3 is 15.6 Å². The van der Waals surface area contributed by atoms with Crippen molar-refractivity contribution in [2.24, 2.45) is 0 Å². The van der Waals surface area contributed by atoms with E-state index in [1.165, 1.54) is 18.2 Å².